The van der Waals surface area contributed by atoms with Crippen LogP contribution in [0.5, 0.6) is 0 Å². The van der Waals surface area contributed by atoms with Crippen molar-refractivity contribution in [1.29, 1.82) is 0 Å². The monoisotopic (exact) mass is 194 g/mol. The first kappa shape index (κ1) is 10.8. The van der Waals surface area contributed by atoms with Gasteiger partial charge in [0, 0.05) is 23.5 Å². The van der Waals surface area contributed by atoms with Gasteiger partial charge < -0.3 is 10.3 Å². The lowest BCUT2D eigenvalue weighted by Crippen LogP contribution is -2.25. The molecular formula is C11H18N2O. The van der Waals surface area contributed by atoms with Crippen LogP contribution in [0.15, 0.2) is 16.9 Å². The molecule has 0 aliphatic rings. The Hall–Kier alpha value is -1.25. The van der Waals surface area contributed by atoms with Gasteiger partial charge in [-0.15, -0.1) is 0 Å². The fourth-order valence-electron chi connectivity index (χ4n) is 1.62. The average molecular weight is 194 g/mol. The Morgan fingerprint density at radius 1 is 1.21 bits per heavy atom. The first-order valence-corrected chi connectivity index (χ1v) is 4.95. The summed E-state index contributed by atoms with van der Waals surface area (Å²) in [6.45, 7) is 8.13. The predicted molar refractivity (Wildman–Crippen MR) is 59.6 cm³/mol. The molecule has 2 N–H and O–H groups in total. The molecule has 3 nitrogen and oxygen atoms in total. The molecule has 0 bridgehead atoms. The maximum atomic E-state index is 11.7. The van der Waals surface area contributed by atoms with Crippen molar-refractivity contribution in [2.75, 3.05) is 5.73 Å². The standard InChI is InChI=1S/C11H18N2O/c1-7(2)10-5-9(12)6-11(14)13(10)8(3)4/h5-8H,12H2,1-4H3. The van der Waals surface area contributed by atoms with Gasteiger partial charge in [-0.3, -0.25) is 4.79 Å². The molecule has 14 heavy (non-hydrogen) atoms. The summed E-state index contributed by atoms with van der Waals surface area (Å²) >= 11 is 0. The third kappa shape index (κ3) is 1.97. The zero-order valence-electron chi connectivity index (χ0n) is 9.24. The van der Waals surface area contributed by atoms with Gasteiger partial charge in [0.25, 0.3) is 5.56 Å². The molecule has 0 saturated carbocycles. The molecule has 0 fully saturated rings. The predicted octanol–water partition coefficient (Wildman–Crippen LogP) is 2.13. The van der Waals surface area contributed by atoms with Crippen LogP contribution in [0.2, 0.25) is 0 Å². The molecule has 0 radical (unpaired) electrons. The molecule has 0 aliphatic carbocycles. The molecule has 0 atom stereocenters. The number of nitrogen functional groups attached to an aromatic ring is 1. The Labute approximate surface area is 84.6 Å². The number of pyridine rings is 1. The Kier molecular flexibility index (Phi) is 2.99. The quantitative estimate of drug-likeness (QED) is 0.784. The fraction of sp³-hybridized carbons (Fsp3) is 0.545. The minimum Gasteiger partial charge on any atom is -0.399 e. The third-order valence-electron chi connectivity index (χ3n) is 2.23. The molecule has 1 rings (SSSR count). The molecular weight excluding hydrogens is 176 g/mol. The van der Waals surface area contributed by atoms with Crippen LogP contribution >= 0.6 is 0 Å². The van der Waals surface area contributed by atoms with E-state index in [0.29, 0.717) is 11.6 Å². The van der Waals surface area contributed by atoms with E-state index in [1.54, 1.807) is 4.57 Å². The maximum absolute atomic E-state index is 11.7. The Balaban J connectivity index is 3.45. The Morgan fingerprint density at radius 2 is 1.79 bits per heavy atom. The minimum absolute atomic E-state index is 0.0105. The molecule has 1 aromatic heterocycles. The summed E-state index contributed by atoms with van der Waals surface area (Å²) in [6.07, 6.45) is 0. The van der Waals surface area contributed by atoms with E-state index in [2.05, 4.69) is 13.8 Å². The van der Waals surface area contributed by atoms with Crippen molar-refractivity contribution in [3.05, 3.63) is 28.2 Å². The van der Waals surface area contributed by atoms with Crippen LogP contribution in [0.1, 0.15) is 45.3 Å². The van der Waals surface area contributed by atoms with E-state index >= 15 is 0 Å². The van der Waals surface area contributed by atoms with E-state index in [4.69, 9.17) is 5.73 Å². The summed E-state index contributed by atoms with van der Waals surface area (Å²) in [5, 5.41) is 0. The Morgan fingerprint density at radius 3 is 2.21 bits per heavy atom. The SMILES string of the molecule is CC(C)c1cc(N)cc(=O)n1C(C)C. The highest BCUT2D eigenvalue weighted by Crippen LogP contribution is 2.18. The van der Waals surface area contributed by atoms with Crippen LogP contribution in [0, 0.1) is 0 Å². The van der Waals surface area contributed by atoms with E-state index in [1.807, 2.05) is 19.9 Å². The number of hydrogen-bond donors (Lipinski definition) is 1. The molecule has 0 unspecified atom stereocenters. The molecule has 0 amide bonds. The van der Waals surface area contributed by atoms with Crippen LogP contribution in [0.4, 0.5) is 5.69 Å². The largest absolute Gasteiger partial charge is 0.399 e. The second-order valence-corrected chi connectivity index (χ2v) is 4.17. The van der Waals surface area contributed by atoms with Gasteiger partial charge in [0.1, 0.15) is 0 Å². The van der Waals surface area contributed by atoms with Crippen LogP contribution < -0.4 is 11.3 Å². The second-order valence-electron chi connectivity index (χ2n) is 4.17. The van der Waals surface area contributed by atoms with Gasteiger partial charge in [-0.25, -0.2) is 0 Å². The molecule has 1 aromatic rings. The maximum Gasteiger partial charge on any atom is 0.253 e. The van der Waals surface area contributed by atoms with E-state index in [9.17, 15) is 4.79 Å². The van der Waals surface area contributed by atoms with Crippen molar-refractivity contribution in [2.24, 2.45) is 0 Å². The normalized spacial score (nSPS) is 11.3. The van der Waals surface area contributed by atoms with Crippen molar-refractivity contribution >= 4 is 5.69 Å². The van der Waals surface area contributed by atoms with Crippen molar-refractivity contribution in [3.8, 4) is 0 Å². The summed E-state index contributed by atoms with van der Waals surface area (Å²) in [5.74, 6) is 0.314. The summed E-state index contributed by atoms with van der Waals surface area (Å²) in [6, 6.07) is 3.54. The average Bonchev–Trinajstić information content (AvgIpc) is 2.01. The van der Waals surface area contributed by atoms with Gasteiger partial charge in [-0.2, -0.15) is 0 Å². The molecule has 0 aliphatic heterocycles. The highest BCUT2D eigenvalue weighted by atomic mass is 16.1. The lowest BCUT2D eigenvalue weighted by molar-refractivity contribution is 0.535. The van der Waals surface area contributed by atoms with Gasteiger partial charge in [-0.05, 0) is 25.8 Å². The number of rotatable bonds is 2. The van der Waals surface area contributed by atoms with Crippen LogP contribution in [-0.2, 0) is 0 Å². The second kappa shape index (κ2) is 3.86. The smallest absolute Gasteiger partial charge is 0.253 e. The zero-order valence-corrected chi connectivity index (χ0v) is 9.24. The van der Waals surface area contributed by atoms with E-state index in [0.717, 1.165) is 5.69 Å². The van der Waals surface area contributed by atoms with E-state index in [1.165, 1.54) is 6.07 Å². The first-order valence-electron chi connectivity index (χ1n) is 4.95. The number of nitrogens with zero attached hydrogens (tertiary/aromatic N) is 1. The van der Waals surface area contributed by atoms with Gasteiger partial charge in [0.05, 0.1) is 0 Å². The van der Waals surface area contributed by atoms with Gasteiger partial charge in [-0.1, -0.05) is 13.8 Å². The van der Waals surface area contributed by atoms with Gasteiger partial charge in [0.2, 0.25) is 0 Å². The highest BCUT2D eigenvalue weighted by molar-refractivity contribution is 5.38. The number of hydrogen-bond acceptors (Lipinski definition) is 2. The highest BCUT2D eigenvalue weighted by Gasteiger charge is 2.11. The van der Waals surface area contributed by atoms with Crippen LogP contribution in [0.25, 0.3) is 0 Å². The van der Waals surface area contributed by atoms with Crippen LogP contribution in [-0.4, -0.2) is 4.57 Å². The van der Waals surface area contributed by atoms with Gasteiger partial charge >= 0.3 is 0 Å². The molecule has 3 heteroatoms. The topological polar surface area (TPSA) is 48.0 Å². The zero-order chi connectivity index (χ0) is 10.9. The molecule has 0 spiro atoms. The Bertz CT molecular complexity index is 377. The van der Waals surface area contributed by atoms with Crippen molar-refractivity contribution < 1.29 is 0 Å². The van der Waals surface area contributed by atoms with Crippen LogP contribution in [0.3, 0.4) is 0 Å². The van der Waals surface area contributed by atoms with Crippen molar-refractivity contribution in [3.63, 3.8) is 0 Å². The molecule has 1 heterocycles. The molecule has 0 aromatic carbocycles. The van der Waals surface area contributed by atoms with E-state index in [-0.39, 0.29) is 11.6 Å². The fourth-order valence-corrected chi connectivity index (χ4v) is 1.62. The van der Waals surface area contributed by atoms with Gasteiger partial charge in [0.15, 0.2) is 0 Å². The molecule has 78 valence electrons. The summed E-state index contributed by atoms with van der Waals surface area (Å²) in [7, 11) is 0. The third-order valence-corrected chi connectivity index (χ3v) is 2.23. The number of anilines is 1. The number of aromatic nitrogens is 1. The summed E-state index contributed by atoms with van der Waals surface area (Å²) in [5.41, 5.74) is 7.20. The lowest BCUT2D eigenvalue weighted by Gasteiger charge is -2.19. The minimum atomic E-state index is -0.0105. The number of nitrogens with two attached hydrogens (primary N) is 1. The lowest BCUT2D eigenvalue weighted by atomic mass is 10.1. The summed E-state index contributed by atoms with van der Waals surface area (Å²) in [4.78, 5) is 11.7. The van der Waals surface area contributed by atoms with Crippen molar-refractivity contribution in [1.82, 2.24) is 4.57 Å². The van der Waals surface area contributed by atoms with Crippen molar-refractivity contribution in [2.45, 2.75) is 39.7 Å². The summed E-state index contributed by atoms with van der Waals surface area (Å²) < 4.78 is 1.79. The van der Waals surface area contributed by atoms with E-state index < -0.39 is 0 Å². The molecule has 0 saturated heterocycles. The first-order chi connectivity index (χ1) is 6.43.